The van der Waals surface area contributed by atoms with Crippen LogP contribution in [0, 0.1) is 10.1 Å². The number of nitrogens with zero attached hydrogens (tertiary/aromatic N) is 1. The molecule has 0 bridgehead atoms. The van der Waals surface area contributed by atoms with Crippen molar-refractivity contribution in [3.05, 3.63) is 49.7 Å². The molecule has 8 heteroatoms. The minimum atomic E-state index is -0.637. The van der Waals surface area contributed by atoms with Gasteiger partial charge in [0.25, 0.3) is 11.6 Å². The number of amides is 1. The fourth-order valence-corrected chi connectivity index (χ4v) is 2.41. The van der Waals surface area contributed by atoms with Gasteiger partial charge in [-0.15, -0.1) is 11.3 Å². The molecule has 19 heavy (non-hydrogen) atoms. The molecule has 2 N–H and O–H groups in total. The zero-order chi connectivity index (χ0) is 14.0. The van der Waals surface area contributed by atoms with E-state index in [9.17, 15) is 20.0 Å². The molecular weight excluding hydrogens is 292 g/mol. The third kappa shape index (κ3) is 2.83. The summed E-state index contributed by atoms with van der Waals surface area (Å²) in [6.07, 6.45) is 0. The van der Waals surface area contributed by atoms with Crippen molar-refractivity contribution in [2.75, 3.05) is 5.32 Å². The Balaban J connectivity index is 2.23. The van der Waals surface area contributed by atoms with Crippen LogP contribution in [0.1, 0.15) is 9.67 Å². The second-order valence-electron chi connectivity index (χ2n) is 3.51. The van der Waals surface area contributed by atoms with Crippen LogP contribution in [-0.2, 0) is 0 Å². The highest BCUT2D eigenvalue weighted by Gasteiger charge is 2.15. The van der Waals surface area contributed by atoms with E-state index in [2.05, 4.69) is 5.32 Å². The normalized spacial score (nSPS) is 10.2. The summed E-state index contributed by atoms with van der Waals surface area (Å²) in [7, 11) is 0. The summed E-state index contributed by atoms with van der Waals surface area (Å²) in [5.41, 5.74) is -0.176. The molecule has 0 unspecified atom stereocenters. The van der Waals surface area contributed by atoms with Gasteiger partial charge in [0, 0.05) is 6.07 Å². The number of thiophene rings is 1. The minimum Gasteiger partial charge on any atom is -0.506 e. The van der Waals surface area contributed by atoms with Gasteiger partial charge in [0.15, 0.2) is 0 Å². The molecule has 0 aliphatic carbocycles. The van der Waals surface area contributed by atoms with Gasteiger partial charge in [-0.05, 0) is 17.5 Å². The van der Waals surface area contributed by atoms with Crippen molar-refractivity contribution in [2.45, 2.75) is 0 Å². The number of phenols is 1. The number of nitro benzene ring substituents is 1. The van der Waals surface area contributed by atoms with Crippen LogP contribution in [0.15, 0.2) is 29.6 Å². The minimum absolute atomic E-state index is 0.0834. The lowest BCUT2D eigenvalue weighted by atomic mass is 10.2. The van der Waals surface area contributed by atoms with E-state index in [1.165, 1.54) is 12.1 Å². The summed E-state index contributed by atoms with van der Waals surface area (Å²) < 4.78 is 0. The fourth-order valence-electron chi connectivity index (χ4n) is 1.37. The Labute approximate surface area is 116 Å². The summed E-state index contributed by atoms with van der Waals surface area (Å²) in [6, 6.07) is 4.99. The third-order valence-electron chi connectivity index (χ3n) is 2.26. The maximum atomic E-state index is 11.8. The standard InChI is InChI=1S/C11H7ClN2O4S/c12-7-3-4-19-10(7)11(16)13-8-2-1-6(14(17)18)5-9(8)15/h1-5,15H,(H,13,16). The summed E-state index contributed by atoms with van der Waals surface area (Å²) >= 11 is 6.96. The number of nitro groups is 1. The Hall–Kier alpha value is -2.12. The molecule has 98 valence electrons. The predicted molar refractivity (Wildman–Crippen MR) is 72.0 cm³/mol. The van der Waals surface area contributed by atoms with Crippen molar-refractivity contribution >= 4 is 40.2 Å². The van der Waals surface area contributed by atoms with Gasteiger partial charge in [0.1, 0.15) is 10.6 Å². The van der Waals surface area contributed by atoms with Crippen LogP contribution in [0.4, 0.5) is 11.4 Å². The molecule has 0 spiro atoms. The molecule has 1 aromatic carbocycles. The monoisotopic (exact) mass is 298 g/mol. The first-order valence-electron chi connectivity index (χ1n) is 5.01. The van der Waals surface area contributed by atoms with Crippen molar-refractivity contribution in [1.29, 1.82) is 0 Å². The maximum Gasteiger partial charge on any atom is 0.273 e. The van der Waals surface area contributed by atoms with Crippen molar-refractivity contribution in [1.82, 2.24) is 0 Å². The Bertz CT molecular complexity index is 656. The van der Waals surface area contributed by atoms with E-state index >= 15 is 0 Å². The number of phenolic OH excluding ortho intramolecular Hbond substituents is 1. The van der Waals surface area contributed by atoms with Gasteiger partial charge in [0.05, 0.1) is 21.7 Å². The molecule has 1 heterocycles. The molecule has 0 saturated carbocycles. The van der Waals surface area contributed by atoms with Crippen LogP contribution in [0.3, 0.4) is 0 Å². The topological polar surface area (TPSA) is 92.5 Å². The maximum absolute atomic E-state index is 11.8. The SMILES string of the molecule is O=C(Nc1ccc([N+](=O)[O-])cc1O)c1sccc1Cl. The highest BCUT2D eigenvalue weighted by Crippen LogP contribution is 2.29. The van der Waals surface area contributed by atoms with E-state index in [4.69, 9.17) is 11.6 Å². The van der Waals surface area contributed by atoms with Crippen LogP contribution in [-0.4, -0.2) is 15.9 Å². The van der Waals surface area contributed by atoms with E-state index in [1.54, 1.807) is 11.4 Å². The molecule has 0 atom stereocenters. The molecular formula is C11H7ClN2O4S. The van der Waals surface area contributed by atoms with Crippen molar-refractivity contribution in [2.24, 2.45) is 0 Å². The summed E-state index contributed by atoms with van der Waals surface area (Å²) in [4.78, 5) is 22.0. The Kier molecular flexibility index (Phi) is 3.68. The largest absolute Gasteiger partial charge is 0.506 e. The van der Waals surface area contributed by atoms with Crippen LogP contribution >= 0.6 is 22.9 Å². The van der Waals surface area contributed by atoms with E-state index in [1.807, 2.05) is 0 Å². The molecule has 0 fully saturated rings. The smallest absolute Gasteiger partial charge is 0.273 e. The van der Waals surface area contributed by atoms with Gasteiger partial charge < -0.3 is 10.4 Å². The quantitative estimate of drug-likeness (QED) is 0.517. The van der Waals surface area contributed by atoms with Crippen molar-refractivity contribution in [3.63, 3.8) is 0 Å². The lowest BCUT2D eigenvalue weighted by Gasteiger charge is -2.06. The number of non-ortho nitro benzene ring substituents is 1. The van der Waals surface area contributed by atoms with Gasteiger partial charge in [-0.1, -0.05) is 11.6 Å². The highest BCUT2D eigenvalue weighted by molar-refractivity contribution is 7.12. The fraction of sp³-hybridized carbons (Fsp3) is 0. The first-order chi connectivity index (χ1) is 8.99. The Morgan fingerprint density at radius 3 is 2.68 bits per heavy atom. The number of anilines is 1. The number of nitrogens with one attached hydrogen (secondary N) is 1. The molecule has 0 aliphatic heterocycles. The van der Waals surface area contributed by atoms with Crippen LogP contribution in [0.2, 0.25) is 5.02 Å². The van der Waals surface area contributed by atoms with Crippen molar-refractivity contribution < 1.29 is 14.8 Å². The van der Waals surface area contributed by atoms with Crippen LogP contribution in [0.25, 0.3) is 0 Å². The number of rotatable bonds is 3. The van der Waals surface area contributed by atoms with Gasteiger partial charge in [-0.3, -0.25) is 14.9 Å². The molecule has 2 rings (SSSR count). The summed E-state index contributed by atoms with van der Waals surface area (Å²) in [5.74, 6) is -0.862. The highest BCUT2D eigenvalue weighted by atomic mass is 35.5. The second-order valence-corrected chi connectivity index (χ2v) is 4.83. The number of carbonyl (C=O) groups is 1. The lowest BCUT2D eigenvalue weighted by Crippen LogP contribution is -2.10. The Morgan fingerprint density at radius 1 is 1.42 bits per heavy atom. The van der Waals surface area contributed by atoms with Gasteiger partial charge in [-0.25, -0.2) is 0 Å². The number of hydrogen-bond donors (Lipinski definition) is 2. The predicted octanol–water partition coefficient (Wildman–Crippen LogP) is 3.27. The number of benzene rings is 1. The van der Waals surface area contributed by atoms with Crippen LogP contribution < -0.4 is 5.32 Å². The molecule has 2 aromatic rings. The molecule has 1 aromatic heterocycles. The summed E-state index contributed by atoms with van der Waals surface area (Å²) in [5, 5.41) is 24.5. The Morgan fingerprint density at radius 2 is 2.16 bits per heavy atom. The lowest BCUT2D eigenvalue weighted by molar-refractivity contribution is -0.384. The average molecular weight is 299 g/mol. The van der Waals surface area contributed by atoms with Gasteiger partial charge in [-0.2, -0.15) is 0 Å². The average Bonchev–Trinajstić information content (AvgIpc) is 2.77. The van der Waals surface area contributed by atoms with Crippen molar-refractivity contribution in [3.8, 4) is 5.75 Å². The molecule has 6 nitrogen and oxygen atoms in total. The van der Waals surface area contributed by atoms with E-state index < -0.39 is 10.8 Å². The van der Waals surface area contributed by atoms with E-state index in [0.717, 1.165) is 17.4 Å². The molecule has 0 saturated heterocycles. The molecule has 0 aliphatic rings. The third-order valence-corrected chi connectivity index (χ3v) is 3.60. The molecule has 1 amide bonds. The van der Waals surface area contributed by atoms with Gasteiger partial charge >= 0.3 is 0 Å². The van der Waals surface area contributed by atoms with E-state index in [0.29, 0.717) is 9.90 Å². The summed E-state index contributed by atoms with van der Waals surface area (Å²) in [6.45, 7) is 0. The van der Waals surface area contributed by atoms with Crippen LogP contribution in [0.5, 0.6) is 5.75 Å². The number of carbonyl (C=O) groups excluding carboxylic acids is 1. The first kappa shape index (κ1) is 13.3. The number of aromatic hydroxyl groups is 1. The van der Waals surface area contributed by atoms with E-state index in [-0.39, 0.29) is 17.1 Å². The molecule has 0 radical (unpaired) electrons. The second kappa shape index (κ2) is 5.25. The zero-order valence-electron chi connectivity index (χ0n) is 9.29. The first-order valence-corrected chi connectivity index (χ1v) is 6.26. The zero-order valence-corrected chi connectivity index (χ0v) is 10.9. The van der Waals surface area contributed by atoms with Gasteiger partial charge in [0.2, 0.25) is 0 Å². The number of halogens is 1. The number of hydrogen-bond acceptors (Lipinski definition) is 5.